The molecule has 4 nitrogen and oxygen atoms in total. The summed E-state index contributed by atoms with van der Waals surface area (Å²) < 4.78 is 24.2. The molecule has 0 aliphatic rings. The second kappa shape index (κ2) is 9.04. The average molecular weight is 379 g/mol. The third-order valence-corrected chi connectivity index (χ3v) is 4.34. The molecule has 0 radical (unpaired) electrons. The number of benzene rings is 3. The molecule has 0 saturated heterocycles. The molecule has 28 heavy (non-hydrogen) atoms. The fourth-order valence-corrected chi connectivity index (χ4v) is 2.96. The van der Waals surface area contributed by atoms with Gasteiger partial charge in [-0.2, -0.15) is 0 Å². The van der Waals surface area contributed by atoms with Crippen molar-refractivity contribution in [1.82, 2.24) is 5.32 Å². The van der Waals surface area contributed by atoms with Crippen LogP contribution in [0.2, 0.25) is 0 Å². The van der Waals surface area contributed by atoms with Gasteiger partial charge in [-0.1, -0.05) is 42.5 Å². The van der Waals surface area contributed by atoms with Gasteiger partial charge in [0.05, 0.1) is 19.8 Å². The number of rotatable bonds is 7. The second-order valence-corrected chi connectivity index (χ2v) is 6.17. The van der Waals surface area contributed by atoms with Crippen molar-refractivity contribution in [2.24, 2.45) is 0 Å². The molecule has 0 heterocycles. The van der Waals surface area contributed by atoms with Gasteiger partial charge in [0.15, 0.2) is 11.5 Å². The zero-order valence-electron chi connectivity index (χ0n) is 15.8. The fraction of sp³-hybridized carbons (Fsp3) is 0.174. The van der Waals surface area contributed by atoms with Crippen LogP contribution >= 0.6 is 0 Å². The zero-order valence-corrected chi connectivity index (χ0v) is 15.8. The van der Waals surface area contributed by atoms with Crippen molar-refractivity contribution in [1.29, 1.82) is 0 Å². The van der Waals surface area contributed by atoms with Crippen LogP contribution in [0.5, 0.6) is 11.5 Å². The summed E-state index contributed by atoms with van der Waals surface area (Å²) in [5.41, 5.74) is 2.14. The summed E-state index contributed by atoms with van der Waals surface area (Å²) >= 11 is 0. The molecule has 0 aromatic heterocycles. The minimum absolute atomic E-state index is 0.264. The van der Waals surface area contributed by atoms with Crippen LogP contribution in [0.25, 0.3) is 0 Å². The van der Waals surface area contributed by atoms with Crippen LogP contribution in [0.3, 0.4) is 0 Å². The smallest absolute Gasteiger partial charge is 0.252 e. The molecule has 1 amide bonds. The molecule has 1 atom stereocenters. The van der Waals surface area contributed by atoms with Gasteiger partial charge in [-0.3, -0.25) is 4.79 Å². The molecule has 0 saturated carbocycles. The normalized spacial score (nSPS) is 11.5. The summed E-state index contributed by atoms with van der Waals surface area (Å²) in [5.74, 6) is 0.491. The van der Waals surface area contributed by atoms with Crippen LogP contribution in [0.15, 0.2) is 72.8 Å². The van der Waals surface area contributed by atoms with E-state index in [1.807, 2.05) is 37.3 Å². The molecule has 5 heteroatoms. The van der Waals surface area contributed by atoms with Crippen LogP contribution in [0.1, 0.15) is 34.5 Å². The van der Waals surface area contributed by atoms with Crippen molar-refractivity contribution in [3.8, 4) is 11.5 Å². The van der Waals surface area contributed by atoms with Gasteiger partial charge in [0.1, 0.15) is 5.82 Å². The molecule has 0 fully saturated rings. The number of ether oxygens (including phenoxy) is 2. The molecule has 0 bridgehead atoms. The number of amides is 1. The maximum atomic E-state index is 13.4. The van der Waals surface area contributed by atoms with E-state index in [9.17, 15) is 9.18 Å². The van der Waals surface area contributed by atoms with Crippen LogP contribution in [0, 0.1) is 5.82 Å². The maximum absolute atomic E-state index is 13.4. The maximum Gasteiger partial charge on any atom is 0.252 e. The molecule has 0 spiro atoms. The van der Waals surface area contributed by atoms with Gasteiger partial charge in [-0.25, -0.2) is 4.39 Å². The van der Waals surface area contributed by atoms with Crippen LogP contribution in [-0.2, 0) is 0 Å². The van der Waals surface area contributed by atoms with Crippen LogP contribution < -0.4 is 14.8 Å². The van der Waals surface area contributed by atoms with E-state index in [1.165, 1.54) is 19.2 Å². The Morgan fingerprint density at radius 2 is 1.64 bits per heavy atom. The summed E-state index contributed by atoms with van der Waals surface area (Å²) in [5, 5.41) is 3.03. The number of carbonyl (C=O) groups excluding carboxylic acids is 1. The first-order valence-electron chi connectivity index (χ1n) is 9.04. The van der Waals surface area contributed by atoms with E-state index < -0.39 is 6.04 Å². The lowest BCUT2D eigenvalue weighted by molar-refractivity contribution is 0.0942. The Bertz CT molecular complexity index is 926. The van der Waals surface area contributed by atoms with E-state index >= 15 is 0 Å². The van der Waals surface area contributed by atoms with Crippen molar-refractivity contribution < 1.29 is 18.7 Å². The van der Waals surface area contributed by atoms with Crippen molar-refractivity contribution in [2.75, 3.05) is 13.7 Å². The lowest BCUT2D eigenvalue weighted by atomic mass is 9.98. The third kappa shape index (κ3) is 4.49. The van der Waals surface area contributed by atoms with E-state index in [1.54, 1.807) is 30.3 Å². The number of hydrogen-bond donors (Lipinski definition) is 1. The van der Waals surface area contributed by atoms with Gasteiger partial charge in [0.25, 0.3) is 5.91 Å². The molecule has 3 aromatic carbocycles. The van der Waals surface area contributed by atoms with E-state index in [-0.39, 0.29) is 11.7 Å². The highest BCUT2D eigenvalue weighted by Crippen LogP contribution is 2.29. The number of hydrogen-bond acceptors (Lipinski definition) is 3. The van der Waals surface area contributed by atoms with E-state index in [0.29, 0.717) is 23.7 Å². The zero-order chi connectivity index (χ0) is 19.9. The van der Waals surface area contributed by atoms with E-state index in [2.05, 4.69) is 5.32 Å². The molecular formula is C23H22FNO3. The first-order valence-corrected chi connectivity index (χ1v) is 9.04. The summed E-state index contributed by atoms with van der Waals surface area (Å²) in [6.45, 7) is 2.38. The van der Waals surface area contributed by atoms with E-state index in [4.69, 9.17) is 9.47 Å². The Morgan fingerprint density at radius 3 is 2.29 bits per heavy atom. The lowest BCUT2D eigenvalue weighted by Crippen LogP contribution is -2.29. The van der Waals surface area contributed by atoms with Crippen LogP contribution in [0.4, 0.5) is 4.39 Å². The summed E-state index contributed by atoms with van der Waals surface area (Å²) in [6, 6.07) is 20.3. The first-order chi connectivity index (χ1) is 13.6. The fourth-order valence-electron chi connectivity index (χ4n) is 2.96. The first kappa shape index (κ1) is 19.4. The molecule has 0 aliphatic heterocycles. The van der Waals surface area contributed by atoms with Crippen molar-refractivity contribution in [3.05, 3.63) is 95.3 Å². The average Bonchev–Trinajstić information content (AvgIpc) is 2.73. The topological polar surface area (TPSA) is 47.6 Å². The monoisotopic (exact) mass is 379 g/mol. The quantitative estimate of drug-likeness (QED) is 0.644. The number of methoxy groups -OCH3 is 1. The van der Waals surface area contributed by atoms with Gasteiger partial charge < -0.3 is 14.8 Å². The minimum atomic E-state index is -0.410. The molecular weight excluding hydrogens is 357 g/mol. The summed E-state index contributed by atoms with van der Waals surface area (Å²) in [6.07, 6.45) is 0. The van der Waals surface area contributed by atoms with E-state index in [0.717, 1.165) is 11.1 Å². The number of carbonyl (C=O) groups is 1. The highest BCUT2D eigenvalue weighted by molar-refractivity contribution is 5.95. The van der Waals surface area contributed by atoms with Gasteiger partial charge in [0, 0.05) is 5.56 Å². The van der Waals surface area contributed by atoms with Crippen molar-refractivity contribution in [3.63, 3.8) is 0 Å². The number of nitrogens with one attached hydrogen (secondary N) is 1. The predicted molar refractivity (Wildman–Crippen MR) is 106 cm³/mol. The summed E-state index contributed by atoms with van der Waals surface area (Å²) in [4.78, 5) is 12.9. The minimum Gasteiger partial charge on any atom is -0.493 e. The lowest BCUT2D eigenvalue weighted by Gasteiger charge is -2.20. The number of halogens is 1. The van der Waals surface area contributed by atoms with Gasteiger partial charge in [-0.05, 0) is 48.4 Å². The Kier molecular flexibility index (Phi) is 6.27. The highest BCUT2D eigenvalue weighted by Gasteiger charge is 2.19. The standard InChI is InChI=1S/C23H22FNO3/c1-3-28-20-14-11-18(15-21(20)27-2)23(26)25-22(16-7-5-4-6-8-16)17-9-12-19(24)13-10-17/h4-15,22H,3H2,1-2H3,(H,25,26). The molecule has 1 N–H and O–H groups in total. The SMILES string of the molecule is CCOc1ccc(C(=O)NC(c2ccccc2)c2ccc(F)cc2)cc1OC. The van der Waals surface area contributed by atoms with Crippen LogP contribution in [-0.4, -0.2) is 19.6 Å². The van der Waals surface area contributed by atoms with Gasteiger partial charge in [0.2, 0.25) is 0 Å². The predicted octanol–water partition coefficient (Wildman–Crippen LogP) is 4.75. The van der Waals surface area contributed by atoms with Crippen molar-refractivity contribution in [2.45, 2.75) is 13.0 Å². The second-order valence-electron chi connectivity index (χ2n) is 6.17. The van der Waals surface area contributed by atoms with Gasteiger partial charge in [-0.15, -0.1) is 0 Å². The molecule has 3 rings (SSSR count). The molecule has 3 aromatic rings. The summed E-state index contributed by atoms with van der Waals surface area (Å²) in [7, 11) is 1.53. The Morgan fingerprint density at radius 1 is 0.964 bits per heavy atom. The van der Waals surface area contributed by atoms with Gasteiger partial charge >= 0.3 is 0 Å². The largest absolute Gasteiger partial charge is 0.493 e. The molecule has 0 aliphatic carbocycles. The Hall–Kier alpha value is -3.34. The van der Waals surface area contributed by atoms with Crippen molar-refractivity contribution >= 4 is 5.91 Å². The highest BCUT2D eigenvalue weighted by atomic mass is 19.1. The molecule has 1 unspecified atom stereocenters. The third-order valence-electron chi connectivity index (χ3n) is 4.34. The Labute approximate surface area is 163 Å². The Balaban J connectivity index is 1.90. The molecule has 144 valence electrons.